The minimum absolute atomic E-state index is 0.641. The van der Waals surface area contributed by atoms with Gasteiger partial charge in [0.2, 0.25) is 5.89 Å². The number of nitrogens with one attached hydrogen (secondary N) is 1. The topological polar surface area (TPSA) is 51.0 Å². The van der Waals surface area contributed by atoms with Crippen molar-refractivity contribution in [3.63, 3.8) is 0 Å². The Hall–Kier alpha value is -0.550. The molecule has 0 aliphatic carbocycles. The molecule has 0 aliphatic rings. The maximum absolute atomic E-state index is 5.14. The Balaban J connectivity index is 2.22. The lowest BCUT2D eigenvalue weighted by molar-refractivity contribution is 0.360. The van der Waals surface area contributed by atoms with Gasteiger partial charge in [0, 0.05) is 0 Å². The molecule has 1 heterocycles. The van der Waals surface area contributed by atoms with Gasteiger partial charge in [-0.05, 0) is 24.6 Å². The Bertz CT molecular complexity index is 289. The molecule has 0 bridgehead atoms. The molecule has 0 unspecified atom stereocenters. The monoisotopic (exact) mass is 243 g/mol. The smallest absolute Gasteiger partial charge is 0.240 e. The molecule has 0 aromatic carbocycles. The zero-order valence-electron chi connectivity index (χ0n) is 10.3. The number of rotatable bonds is 8. The summed E-state index contributed by atoms with van der Waals surface area (Å²) in [6.07, 6.45) is 1.19. The third-order valence-corrected chi connectivity index (χ3v) is 3.08. The van der Waals surface area contributed by atoms with Crippen molar-refractivity contribution in [1.82, 2.24) is 15.5 Å². The van der Waals surface area contributed by atoms with Gasteiger partial charge in [-0.3, -0.25) is 0 Å². The summed E-state index contributed by atoms with van der Waals surface area (Å²) in [5.74, 6) is 4.13. The molecular weight excluding hydrogens is 222 g/mol. The first-order valence-corrected chi connectivity index (χ1v) is 6.97. The van der Waals surface area contributed by atoms with Gasteiger partial charge in [-0.15, -0.1) is 0 Å². The Kier molecular flexibility index (Phi) is 6.49. The zero-order valence-corrected chi connectivity index (χ0v) is 11.1. The molecule has 16 heavy (non-hydrogen) atoms. The van der Waals surface area contributed by atoms with Crippen molar-refractivity contribution >= 4 is 11.8 Å². The Morgan fingerprint density at radius 3 is 2.94 bits per heavy atom. The second-order valence-electron chi connectivity index (χ2n) is 4.18. The van der Waals surface area contributed by atoms with E-state index in [1.165, 1.54) is 6.42 Å². The predicted octanol–water partition coefficient (Wildman–Crippen LogP) is 2.46. The summed E-state index contributed by atoms with van der Waals surface area (Å²) in [5, 5.41) is 7.22. The van der Waals surface area contributed by atoms with Gasteiger partial charge in [0.05, 0.1) is 12.3 Å². The molecule has 1 rings (SSSR count). The van der Waals surface area contributed by atoms with Crippen LogP contribution in [0, 0.1) is 5.92 Å². The van der Waals surface area contributed by atoms with Crippen molar-refractivity contribution in [2.45, 2.75) is 39.5 Å². The summed E-state index contributed by atoms with van der Waals surface area (Å²) in [4.78, 5) is 4.32. The van der Waals surface area contributed by atoms with E-state index >= 15 is 0 Å². The van der Waals surface area contributed by atoms with E-state index in [1.807, 2.05) is 11.8 Å². The average molecular weight is 243 g/mol. The summed E-state index contributed by atoms with van der Waals surface area (Å²) < 4.78 is 5.14. The van der Waals surface area contributed by atoms with Gasteiger partial charge < -0.3 is 9.84 Å². The van der Waals surface area contributed by atoms with Crippen LogP contribution in [-0.4, -0.2) is 22.4 Å². The largest absolute Gasteiger partial charge is 0.338 e. The van der Waals surface area contributed by atoms with Crippen molar-refractivity contribution in [2.24, 2.45) is 5.92 Å². The van der Waals surface area contributed by atoms with Crippen molar-refractivity contribution in [3.05, 3.63) is 11.7 Å². The molecular formula is C11H21N3OS. The quantitative estimate of drug-likeness (QED) is 0.711. The molecule has 0 radical (unpaired) electrons. The van der Waals surface area contributed by atoms with Gasteiger partial charge in [0.25, 0.3) is 0 Å². The highest BCUT2D eigenvalue weighted by Crippen LogP contribution is 2.10. The Labute approximate surface area is 102 Å². The van der Waals surface area contributed by atoms with Gasteiger partial charge in [-0.25, -0.2) is 0 Å². The Morgan fingerprint density at radius 2 is 2.25 bits per heavy atom. The maximum Gasteiger partial charge on any atom is 0.240 e. The number of hydrogen-bond donors (Lipinski definition) is 1. The minimum Gasteiger partial charge on any atom is -0.338 e. The number of thioether (sulfide) groups is 1. The first kappa shape index (κ1) is 13.5. The van der Waals surface area contributed by atoms with Gasteiger partial charge in [-0.2, -0.15) is 16.7 Å². The molecule has 5 heteroatoms. The second-order valence-corrected chi connectivity index (χ2v) is 5.29. The lowest BCUT2D eigenvalue weighted by Gasteiger charge is -2.03. The summed E-state index contributed by atoms with van der Waals surface area (Å²) in [6.45, 7) is 8.16. The van der Waals surface area contributed by atoms with E-state index in [-0.39, 0.29) is 0 Å². The number of hydrogen-bond acceptors (Lipinski definition) is 5. The zero-order chi connectivity index (χ0) is 11.8. The van der Waals surface area contributed by atoms with Crippen LogP contribution in [0.15, 0.2) is 4.52 Å². The van der Waals surface area contributed by atoms with Gasteiger partial charge in [0.15, 0.2) is 5.82 Å². The Morgan fingerprint density at radius 1 is 1.44 bits per heavy atom. The van der Waals surface area contributed by atoms with E-state index in [9.17, 15) is 0 Å². The molecule has 0 saturated heterocycles. The molecule has 0 aliphatic heterocycles. The summed E-state index contributed by atoms with van der Waals surface area (Å²) in [6, 6.07) is 0. The first-order valence-electron chi connectivity index (χ1n) is 5.82. The van der Waals surface area contributed by atoms with E-state index in [0.717, 1.165) is 23.9 Å². The van der Waals surface area contributed by atoms with Crippen LogP contribution in [0.5, 0.6) is 0 Å². The highest BCUT2D eigenvalue weighted by Gasteiger charge is 2.05. The molecule has 0 amide bonds. The molecule has 0 spiro atoms. The first-order chi connectivity index (χ1) is 7.72. The fourth-order valence-electron chi connectivity index (χ4n) is 1.20. The molecule has 1 aromatic rings. The van der Waals surface area contributed by atoms with Crippen LogP contribution in [0.4, 0.5) is 0 Å². The maximum atomic E-state index is 5.14. The van der Waals surface area contributed by atoms with Crippen LogP contribution in [0.1, 0.15) is 38.9 Å². The second kappa shape index (κ2) is 7.68. The average Bonchev–Trinajstić information content (AvgIpc) is 2.66. The van der Waals surface area contributed by atoms with Crippen molar-refractivity contribution in [1.29, 1.82) is 0 Å². The lowest BCUT2D eigenvalue weighted by Crippen LogP contribution is -2.19. The number of nitrogens with zero attached hydrogens (tertiary/aromatic N) is 2. The van der Waals surface area contributed by atoms with Crippen LogP contribution in [0.2, 0.25) is 0 Å². The van der Waals surface area contributed by atoms with E-state index < -0.39 is 0 Å². The van der Waals surface area contributed by atoms with Crippen molar-refractivity contribution in [3.8, 4) is 0 Å². The number of aromatic nitrogens is 2. The van der Waals surface area contributed by atoms with Gasteiger partial charge in [-0.1, -0.05) is 25.9 Å². The third-order valence-electron chi connectivity index (χ3n) is 1.92. The normalized spacial score (nSPS) is 11.2. The van der Waals surface area contributed by atoms with Crippen LogP contribution in [0.25, 0.3) is 0 Å². The van der Waals surface area contributed by atoms with Crippen LogP contribution < -0.4 is 5.32 Å². The lowest BCUT2D eigenvalue weighted by atomic mass is 10.2. The van der Waals surface area contributed by atoms with Gasteiger partial charge in [0.1, 0.15) is 0 Å². The van der Waals surface area contributed by atoms with E-state index in [4.69, 9.17) is 4.52 Å². The fraction of sp³-hybridized carbons (Fsp3) is 0.818. The summed E-state index contributed by atoms with van der Waals surface area (Å²) >= 11 is 1.84. The van der Waals surface area contributed by atoms with Crippen molar-refractivity contribution in [2.75, 3.05) is 12.3 Å². The predicted molar refractivity (Wildman–Crippen MR) is 67.3 cm³/mol. The highest BCUT2D eigenvalue weighted by molar-refractivity contribution is 7.98. The minimum atomic E-state index is 0.641. The van der Waals surface area contributed by atoms with Crippen molar-refractivity contribution < 1.29 is 4.52 Å². The molecule has 4 nitrogen and oxygen atoms in total. The van der Waals surface area contributed by atoms with Crippen LogP contribution in [-0.2, 0) is 12.3 Å². The highest BCUT2D eigenvalue weighted by atomic mass is 32.2. The summed E-state index contributed by atoms with van der Waals surface area (Å²) in [5.41, 5.74) is 0. The summed E-state index contributed by atoms with van der Waals surface area (Å²) in [7, 11) is 0. The standard InChI is InChI=1S/C11H21N3OS/c1-4-5-16-8-10-13-11(15-14-10)7-12-6-9(2)3/h9,12H,4-8H2,1-3H3. The SMILES string of the molecule is CCCSCc1noc(CNCC(C)C)n1. The third kappa shape index (κ3) is 5.51. The van der Waals surface area contributed by atoms with E-state index in [0.29, 0.717) is 18.4 Å². The molecule has 0 fully saturated rings. The van der Waals surface area contributed by atoms with Gasteiger partial charge >= 0.3 is 0 Å². The fourth-order valence-corrected chi connectivity index (χ4v) is 1.93. The van der Waals surface area contributed by atoms with E-state index in [2.05, 4.69) is 36.2 Å². The van der Waals surface area contributed by atoms with Crippen LogP contribution in [0.3, 0.4) is 0 Å². The van der Waals surface area contributed by atoms with E-state index in [1.54, 1.807) is 0 Å². The molecule has 1 aromatic heterocycles. The molecule has 0 atom stereocenters. The molecule has 1 N–H and O–H groups in total. The molecule has 92 valence electrons. The molecule has 0 saturated carbocycles. The van der Waals surface area contributed by atoms with Crippen LogP contribution >= 0.6 is 11.8 Å².